The Balaban J connectivity index is 1.81. The highest BCUT2D eigenvalue weighted by Crippen LogP contribution is 2.28. The van der Waals surface area contributed by atoms with Crippen molar-refractivity contribution in [1.29, 1.82) is 0 Å². The summed E-state index contributed by atoms with van der Waals surface area (Å²) in [7, 11) is 0. The molecular formula is C12H14F3N5O3. The molecule has 2 heterocycles. The number of halogens is 3. The van der Waals surface area contributed by atoms with Crippen LogP contribution in [0.4, 0.5) is 18.0 Å². The molecule has 8 nitrogen and oxygen atoms in total. The average molecular weight is 333 g/mol. The molecule has 1 aliphatic rings. The van der Waals surface area contributed by atoms with Crippen LogP contribution in [-0.4, -0.2) is 40.2 Å². The number of carbonyl (C=O) groups is 3. The molecule has 1 atom stereocenters. The van der Waals surface area contributed by atoms with Gasteiger partial charge in [-0.25, -0.2) is 4.79 Å². The lowest BCUT2D eigenvalue weighted by atomic mass is 10.2. The summed E-state index contributed by atoms with van der Waals surface area (Å²) < 4.78 is 38.7. The Morgan fingerprint density at radius 1 is 1.43 bits per heavy atom. The first kappa shape index (κ1) is 16.8. The number of hydrogen-bond acceptors (Lipinski definition) is 4. The maximum absolute atomic E-state index is 12.5. The molecule has 0 unspecified atom stereocenters. The Kier molecular flexibility index (Phi) is 4.57. The Labute approximate surface area is 128 Å². The van der Waals surface area contributed by atoms with E-state index >= 15 is 0 Å². The van der Waals surface area contributed by atoms with Gasteiger partial charge in [0.2, 0.25) is 5.91 Å². The van der Waals surface area contributed by atoms with E-state index < -0.39 is 35.8 Å². The molecule has 4 amide bonds. The molecule has 1 aliphatic heterocycles. The minimum Gasteiger partial charge on any atom is -0.354 e. The standard InChI is InChI=1S/C12H14F3N5O3/c1-6-4-8(12(13,14)15)19-20(6)3-2-16-9(21)5-7-10(22)18-11(23)17-7/h4,7H,2-3,5H2,1H3,(H,16,21)(H2,17,18,22,23)/t7-/m0/s1. The van der Waals surface area contributed by atoms with Crippen molar-refractivity contribution in [3.8, 4) is 0 Å². The number of urea groups is 1. The number of rotatable bonds is 5. The molecule has 3 N–H and O–H groups in total. The molecule has 2 rings (SSSR count). The summed E-state index contributed by atoms with van der Waals surface area (Å²) in [5.74, 6) is -1.10. The van der Waals surface area contributed by atoms with Gasteiger partial charge in [-0.3, -0.25) is 19.6 Å². The third-order valence-electron chi connectivity index (χ3n) is 3.17. The Morgan fingerprint density at radius 3 is 2.65 bits per heavy atom. The number of hydrogen-bond donors (Lipinski definition) is 3. The van der Waals surface area contributed by atoms with Crippen molar-refractivity contribution in [2.45, 2.75) is 32.1 Å². The lowest BCUT2D eigenvalue weighted by molar-refractivity contribution is -0.141. The van der Waals surface area contributed by atoms with Crippen LogP contribution < -0.4 is 16.0 Å². The molecule has 126 valence electrons. The van der Waals surface area contributed by atoms with Crippen molar-refractivity contribution in [1.82, 2.24) is 25.7 Å². The molecule has 1 saturated heterocycles. The van der Waals surface area contributed by atoms with Crippen molar-refractivity contribution in [3.05, 3.63) is 17.5 Å². The predicted octanol–water partition coefficient (Wildman–Crippen LogP) is -0.0754. The lowest BCUT2D eigenvalue weighted by Crippen LogP contribution is -2.37. The smallest absolute Gasteiger partial charge is 0.354 e. The van der Waals surface area contributed by atoms with Gasteiger partial charge in [0.1, 0.15) is 6.04 Å². The van der Waals surface area contributed by atoms with Crippen LogP contribution in [0.2, 0.25) is 0 Å². The molecule has 1 aromatic rings. The number of aromatic nitrogens is 2. The highest BCUT2D eigenvalue weighted by atomic mass is 19.4. The fraction of sp³-hybridized carbons (Fsp3) is 0.500. The fourth-order valence-electron chi connectivity index (χ4n) is 2.04. The van der Waals surface area contributed by atoms with Crippen LogP contribution >= 0.6 is 0 Å². The first-order valence-corrected chi connectivity index (χ1v) is 6.66. The Morgan fingerprint density at radius 2 is 2.13 bits per heavy atom. The molecule has 1 aromatic heterocycles. The van der Waals surface area contributed by atoms with Crippen molar-refractivity contribution >= 4 is 17.8 Å². The number of aryl methyl sites for hydroxylation is 1. The topological polar surface area (TPSA) is 105 Å². The summed E-state index contributed by atoms with van der Waals surface area (Å²) >= 11 is 0. The Bertz CT molecular complexity index is 640. The van der Waals surface area contributed by atoms with Gasteiger partial charge in [-0.05, 0) is 13.0 Å². The zero-order valence-electron chi connectivity index (χ0n) is 12.0. The second kappa shape index (κ2) is 6.26. The van der Waals surface area contributed by atoms with Gasteiger partial charge in [-0.1, -0.05) is 0 Å². The van der Waals surface area contributed by atoms with E-state index in [1.54, 1.807) is 0 Å². The van der Waals surface area contributed by atoms with Gasteiger partial charge in [0.05, 0.1) is 13.0 Å². The second-order valence-corrected chi connectivity index (χ2v) is 4.96. The second-order valence-electron chi connectivity index (χ2n) is 4.96. The molecule has 0 bridgehead atoms. The van der Waals surface area contributed by atoms with Gasteiger partial charge in [-0.2, -0.15) is 18.3 Å². The SMILES string of the molecule is Cc1cc(C(F)(F)F)nn1CCNC(=O)C[C@@H]1NC(=O)NC1=O. The quantitative estimate of drug-likeness (QED) is 0.656. The van der Waals surface area contributed by atoms with E-state index in [0.717, 1.165) is 10.7 Å². The lowest BCUT2D eigenvalue weighted by Gasteiger charge is -2.09. The summed E-state index contributed by atoms with van der Waals surface area (Å²) in [4.78, 5) is 33.8. The molecule has 0 aliphatic carbocycles. The van der Waals surface area contributed by atoms with E-state index in [0.29, 0.717) is 5.69 Å². The normalized spacial score (nSPS) is 17.8. The fourth-order valence-corrected chi connectivity index (χ4v) is 2.04. The summed E-state index contributed by atoms with van der Waals surface area (Å²) in [5, 5.41) is 10.1. The third-order valence-corrected chi connectivity index (χ3v) is 3.17. The van der Waals surface area contributed by atoms with Crippen LogP contribution in [0.3, 0.4) is 0 Å². The van der Waals surface area contributed by atoms with Crippen molar-refractivity contribution < 1.29 is 27.6 Å². The van der Waals surface area contributed by atoms with Gasteiger partial charge in [0.25, 0.3) is 5.91 Å². The molecule has 0 radical (unpaired) electrons. The highest BCUT2D eigenvalue weighted by molar-refractivity contribution is 6.05. The minimum atomic E-state index is -4.52. The van der Waals surface area contributed by atoms with Gasteiger partial charge < -0.3 is 10.6 Å². The number of alkyl halides is 3. The van der Waals surface area contributed by atoms with E-state index in [2.05, 4.69) is 15.7 Å². The first-order valence-electron chi connectivity index (χ1n) is 6.66. The van der Waals surface area contributed by atoms with Gasteiger partial charge in [-0.15, -0.1) is 0 Å². The summed E-state index contributed by atoms with van der Waals surface area (Å²) in [5.41, 5.74) is -0.680. The van der Waals surface area contributed by atoms with E-state index in [9.17, 15) is 27.6 Å². The molecule has 0 saturated carbocycles. The third kappa shape index (κ3) is 4.20. The maximum Gasteiger partial charge on any atom is 0.435 e. The number of amides is 4. The molecule has 23 heavy (non-hydrogen) atoms. The summed E-state index contributed by atoms with van der Waals surface area (Å²) in [6.07, 6.45) is -4.77. The van der Waals surface area contributed by atoms with Crippen molar-refractivity contribution in [3.63, 3.8) is 0 Å². The van der Waals surface area contributed by atoms with E-state index in [-0.39, 0.29) is 19.5 Å². The predicted molar refractivity (Wildman–Crippen MR) is 70.1 cm³/mol. The number of imide groups is 1. The highest BCUT2D eigenvalue weighted by Gasteiger charge is 2.34. The van der Waals surface area contributed by atoms with E-state index in [1.165, 1.54) is 6.92 Å². The first-order chi connectivity index (χ1) is 10.7. The summed E-state index contributed by atoms with van der Waals surface area (Å²) in [6.45, 7) is 1.57. The zero-order valence-corrected chi connectivity index (χ0v) is 12.0. The molecule has 0 spiro atoms. The minimum absolute atomic E-state index is 0.0426. The number of nitrogens with zero attached hydrogens (tertiary/aromatic N) is 2. The zero-order chi connectivity index (χ0) is 17.2. The van der Waals surface area contributed by atoms with Crippen LogP contribution in [0.15, 0.2) is 6.07 Å². The van der Waals surface area contributed by atoms with Crippen LogP contribution in [0, 0.1) is 6.92 Å². The number of carbonyl (C=O) groups excluding carboxylic acids is 3. The summed E-state index contributed by atoms with van der Waals surface area (Å²) in [6, 6.07) is -0.689. The molecule has 11 heteroatoms. The molecule has 1 fully saturated rings. The maximum atomic E-state index is 12.5. The molecule has 0 aromatic carbocycles. The van der Waals surface area contributed by atoms with Crippen molar-refractivity contribution in [2.75, 3.05) is 6.54 Å². The van der Waals surface area contributed by atoms with Crippen LogP contribution in [-0.2, 0) is 22.3 Å². The molecular weight excluding hydrogens is 319 g/mol. The van der Waals surface area contributed by atoms with Gasteiger partial charge in [0, 0.05) is 12.2 Å². The van der Waals surface area contributed by atoms with E-state index in [1.807, 2.05) is 5.32 Å². The van der Waals surface area contributed by atoms with Crippen molar-refractivity contribution in [2.24, 2.45) is 0 Å². The number of nitrogens with one attached hydrogen (secondary N) is 3. The van der Waals surface area contributed by atoms with Crippen LogP contribution in [0.25, 0.3) is 0 Å². The van der Waals surface area contributed by atoms with E-state index in [4.69, 9.17) is 0 Å². The van der Waals surface area contributed by atoms with Crippen LogP contribution in [0.5, 0.6) is 0 Å². The monoisotopic (exact) mass is 333 g/mol. The largest absolute Gasteiger partial charge is 0.435 e. The van der Waals surface area contributed by atoms with Crippen LogP contribution in [0.1, 0.15) is 17.8 Å². The van der Waals surface area contributed by atoms with Gasteiger partial charge >= 0.3 is 12.2 Å². The average Bonchev–Trinajstić information content (AvgIpc) is 2.93. The van der Waals surface area contributed by atoms with Gasteiger partial charge in [0.15, 0.2) is 5.69 Å². The Hall–Kier alpha value is -2.59.